The van der Waals surface area contributed by atoms with E-state index in [1.54, 1.807) is 18.3 Å². The van der Waals surface area contributed by atoms with Gasteiger partial charge in [-0.15, -0.1) is 0 Å². The third-order valence-electron chi connectivity index (χ3n) is 4.03. The summed E-state index contributed by atoms with van der Waals surface area (Å²) in [6, 6.07) is 16.2. The maximum atomic E-state index is 9.24. The van der Waals surface area contributed by atoms with Gasteiger partial charge in [0.25, 0.3) is 0 Å². The van der Waals surface area contributed by atoms with Gasteiger partial charge in [-0.25, -0.2) is 4.98 Å². The lowest BCUT2D eigenvalue weighted by molar-refractivity contribution is 0.183. The number of aromatic nitrogens is 1. The number of rotatable bonds is 5. The lowest BCUT2D eigenvalue weighted by atomic mass is 9.94. The van der Waals surface area contributed by atoms with Crippen molar-refractivity contribution in [1.29, 1.82) is 5.26 Å². The van der Waals surface area contributed by atoms with Gasteiger partial charge in [-0.1, -0.05) is 30.3 Å². The van der Waals surface area contributed by atoms with Crippen molar-refractivity contribution in [2.24, 2.45) is 5.92 Å². The molecule has 2 aromatic rings. The van der Waals surface area contributed by atoms with Crippen LogP contribution in [0.15, 0.2) is 48.7 Å². The van der Waals surface area contributed by atoms with Crippen molar-refractivity contribution < 1.29 is 4.74 Å². The highest BCUT2D eigenvalue weighted by atomic mass is 16.5. The van der Waals surface area contributed by atoms with Gasteiger partial charge in [0.15, 0.2) is 0 Å². The van der Waals surface area contributed by atoms with Crippen LogP contribution in [0.2, 0.25) is 0 Å². The normalized spacial score (nSPS) is 18.6. The molecule has 22 heavy (non-hydrogen) atoms. The van der Waals surface area contributed by atoms with E-state index in [1.807, 2.05) is 18.2 Å². The zero-order valence-electron chi connectivity index (χ0n) is 12.4. The molecule has 4 nitrogen and oxygen atoms in total. The monoisotopic (exact) mass is 293 g/mol. The van der Waals surface area contributed by atoms with Crippen LogP contribution in [0.1, 0.15) is 30.0 Å². The SMILES string of the molecule is N#Cc1cccnc1NC(CC1CCOC1)c1ccccc1. The van der Waals surface area contributed by atoms with Crippen LogP contribution in [-0.2, 0) is 4.74 Å². The standard InChI is InChI=1S/C18H19N3O/c19-12-16-7-4-9-20-18(16)21-17(11-14-8-10-22-13-14)15-5-2-1-3-6-15/h1-7,9,14,17H,8,10-11,13H2,(H,20,21). The summed E-state index contributed by atoms with van der Waals surface area (Å²) in [5, 5.41) is 12.7. The predicted octanol–water partition coefficient (Wildman–Crippen LogP) is 3.53. The number of nitrogens with one attached hydrogen (secondary N) is 1. The van der Waals surface area contributed by atoms with Gasteiger partial charge in [0, 0.05) is 19.4 Å². The van der Waals surface area contributed by atoms with Gasteiger partial charge >= 0.3 is 0 Å². The van der Waals surface area contributed by atoms with E-state index < -0.39 is 0 Å². The smallest absolute Gasteiger partial charge is 0.144 e. The molecular weight excluding hydrogens is 274 g/mol. The summed E-state index contributed by atoms with van der Waals surface area (Å²) >= 11 is 0. The van der Waals surface area contributed by atoms with Crippen LogP contribution in [0, 0.1) is 17.2 Å². The number of pyridine rings is 1. The first-order valence-electron chi connectivity index (χ1n) is 7.61. The Hall–Kier alpha value is -2.38. The van der Waals surface area contributed by atoms with Gasteiger partial charge in [0.05, 0.1) is 11.6 Å². The van der Waals surface area contributed by atoms with Crippen molar-refractivity contribution in [2.45, 2.75) is 18.9 Å². The Balaban J connectivity index is 1.83. The van der Waals surface area contributed by atoms with Crippen molar-refractivity contribution in [3.05, 3.63) is 59.8 Å². The first-order chi connectivity index (χ1) is 10.9. The highest BCUT2D eigenvalue weighted by Gasteiger charge is 2.22. The summed E-state index contributed by atoms with van der Waals surface area (Å²) in [6.07, 6.45) is 3.79. The van der Waals surface area contributed by atoms with Crippen LogP contribution in [0.3, 0.4) is 0 Å². The lowest BCUT2D eigenvalue weighted by Gasteiger charge is -2.23. The highest BCUT2D eigenvalue weighted by molar-refractivity contribution is 5.52. The molecule has 1 saturated heterocycles. The van der Waals surface area contributed by atoms with E-state index in [0.29, 0.717) is 17.3 Å². The molecule has 1 aromatic carbocycles. The van der Waals surface area contributed by atoms with E-state index in [1.165, 1.54) is 5.56 Å². The molecule has 0 aliphatic carbocycles. The molecule has 2 atom stereocenters. The fraction of sp³-hybridized carbons (Fsp3) is 0.333. The Morgan fingerprint density at radius 1 is 1.27 bits per heavy atom. The second-order valence-electron chi connectivity index (χ2n) is 5.58. The van der Waals surface area contributed by atoms with E-state index >= 15 is 0 Å². The molecule has 3 rings (SSSR count). The molecule has 2 heterocycles. The molecule has 2 unspecified atom stereocenters. The first kappa shape index (κ1) is 14.6. The van der Waals surface area contributed by atoms with Gasteiger partial charge in [-0.2, -0.15) is 5.26 Å². The zero-order chi connectivity index (χ0) is 15.2. The van der Waals surface area contributed by atoms with Crippen LogP contribution in [0.25, 0.3) is 0 Å². The molecule has 1 fully saturated rings. The maximum absolute atomic E-state index is 9.24. The van der Waals surface area contributed by atoms with Crippen molar-refractivity contribution >= 4 is 5.82 Å². The van der Waals surface area contributed by atoms with E-state index in [2.05, 4.69) is 28.5 Å². The summed E-state index contributed by atoms with van der Waals surface area (Å²) in [5.74, 6) is 1.20. The molecule has 0 bridgehead atoms. The van der Waals surface area contributed by atoms with Crippen LogP contribution in [0.5, 0.6) is 0 Å². The molecule has 1 aliphatic rings. The predicted molar refractivity (Wildman–Crippen MR) is 85.3 cm³/mol. The van der Waals surface area contributed by atoms with E-state index in [9.17, 15) is 5.26 Å². The van der Waals surface area contributed by atoms with Gasteiger partial charge < -0.3 is 10.1 Å². The van der Waals surface area contributed by atoms with Crippen LogP contribution < -0.4 is 5.32 Å². The summed E-state index contributed by atoms with van der Waals surface area (Å²) < 4.78 is 5.49. The average molecular weight is 293 g/mol. The molecule has 0 radical (unpaired) electrons. The minimum atomic E-state index is 0.134. The molecule has 1 N–H and O–H groups in total. The maximum Gasteiger partial charge on any atom is 0.144 e. The minimum Gasteiger partial charge on any atom is -0.381 e. The quantitative estimate of drug-likeness (QED) is 0.916. The minimum absolute atomic E-state index is 0.134. The summed E-state index contributed by atoms with van der Waals surface area (Å²) in [4.78, 5) is 4.32. The van der Waals surface area contributed by atoms with E-state index in [0.717, 1.165) is 26.1 Å². The second kappa shape index (κ2) is 7.06. The van der Waals surface area contributed by atoms with Crippen molar-refractivity contribution in [3.63, 3.8) is 0 Å². The molecule has 112 valence electrons. The number of hydrogen-bond acceptors (Lipinski definition) is 4. The van der Waals surface area contributed by atoms with Crippen LogP contribution >= 0.6 is 0 Å². The fourth-order valence-corrected chi connectivity index (χ4v) is 2.84. The Bertz CT molecular complexity index is 645. The molecule has 0 amide bonds. The first-order valence-corrected chi connectivity index (χ1v) is 7.61. The molecule has 1 aliphatic heterocycles. The topological polar surface area (TPSA) is 57.9 Å². The van der Waals surface area contributed by atoms with Crippen molar-refractivity contribution in [2.75, 3.05) is 18.5 Å². The van der Waals surface area contributed by atoms with Gasteiger partial charge in [0.1, 0.15) is 11.9 Å². The largest absolute Gasteiger partial charge is 0.381 e. The van der Waals surface area contributed by atoms with Crippen LogP contribution in [-0.4, -0.2) is 18.2 Å². The highest BCUT2D eigenvalue weighted by Crippen LogP contribution is 2.29. The molecule has 1 aromatic heterocycles. The number of benzene rings is 1. The number of nitriles is 1. The van der Waals surface area contributed by atoms with Gasteiger partial charge in [0.2, 0.25) is 0 Å². The van der Waals surface area contributed by atoms with E-state index in [-0.39, 0.29) is 6.04 Å². The molecule has 0 saturated carbocycles. The lowest BCUT2D eigenvalue weighted by Crippen LogP contribution is -2.17. The fourth-order valence-electron chi connectivity index (χ4n) is 2.84. The Kier molecular flexibility index (Phi) is 4.67. The average Bonchev–Trinajstić information content (AvgIpc) is 3.08. The molecular formula is C18H19N3O. The van der Waals surface area contributed by atoms with E-state index in [4.69, 9.17) is 4.74 Å². The number of anilines is 1. The Labute approximate surface area is 130 Å². The Morgan fingerprint density at radius 3 is 2.86 bits per heavy atom. The number of hydrogen-bond donors (Lipinski definition) is 1. The summed E-state index contributed by atoms with van der Waals surface area (Å²) in [5.41, 5.74) is 1.79. The summed E-state index contributed by atoms with van der Waals surface area (Å²) in [6.45, 7) is 1.66. The third kappa shape index (κ3) is 3.44. The van der Waals surface area contributed by atoms with Crippen LogP contribution in [0.4, 0.5) is 5.82 Å². The molecule has 0 spiro atoms. The van der Waals surface area contributed by atoms with Gasteiger partial charge in [-0.3, -0.25) is 0 Å². The molecule has 4 heteroatoms. The van der Waals surface area contributed by atoms with Crippen molar-refractivity contribution in [3.8, 4) is 6.07 Å². The second-order valence-corrected chi connectivity index (χ2v) is 5.58. The zero-order valence-corrected chi connectivity index (χ0v) is 12.4. The number of nitrogens with zero attached hydrogens (tertiary/aromatic N) is 2. The number of ether oxygens (including phenoxy) is 1. The van der Waals surface area contributed by atoms with Gasteiger partial charge in [-0.05, 0) is 36.5 Å². The van der Waals surface area contributed by atoms with Crippen molar-refractivity contribution in [1.82, 2.24) is 4.98 Å². The summed E-state index contributed by atoms with van der Waals surface area (Å²) in [7, 11) is 0. The third-order valence-corrected chi connectivity index (χ3v) is 4.03. The Morgan fingerprint density at radius 2 is 2.14 bits per heavy atom.